The summed E-state index contributed by atoms with van der Waals surface area (Å²) in [6, 6.07) is 15.0. The Labute approximate surface area is 197 Å². The lowest BCUT2D eigenvalue weighted by molar-refractivity contribution is 0.0980. The molecule has 1 aromatic heterocycles. The van der Waals surface area contributed by atoms with Crippen LogP contribution in [-0.4, -0.2) is 40.1 Å². The maximum atomic E-state index is 13.6. The summed E-state index contributed by atoms with van der Waals surface area (Å²) in [6.07, 6.45) is 5.96. The number of carbonyl (C=O) groups is 1. The van der Waals surface area contributed by atoms with Crippen molar-refractivity contribution in [2.45, 2.75) is 54.5 Å². The van der Waals surface area contributed by atoms with E-state index in [9.17, 15) is 4.79 Å². The van der Waals surface area contributed by atoms with Gasteiger partial charge in [0.2, 0.25) is 5.16 Å². The Kier molecular flexibility index (Phi) is 6.26. The van der Waals surface area contributed by atoms with Gasteiger partial charge in [-0.05, 0) is 30.5 Å². The zero-order chi connectivity index (χ0) is 22.8. The van der Waals surface area contributed by atoms with Gasteiger partial charge in [0.25, 0.3) is 0 Å². The molecular formula is C25H28N4O3S. The second-order valence-corrected chi connectivity index (χ2v) is 9.61. The first-order chi connectivity index (χ1) is 16.2. The minimum Gasteiger partial charge on any atom is -0.493 e. The molecule has 1 saturated carbocycles. The molecule has 1 N–H and O–H groups in total. The summed E-state index contributed by atoms with van der Waals surface area (Å²) in [7, 11) is 3.24. The first kappa shape index (κ1) is 21.8. The second kappa shape index (κ2) is 9.47. The maximum Gasteiger partial charge on any atom is 0.210 e. The topological polar surface area (TPSA) is 78.3 Å². The summed E-state index contributed by atoms with van der Waals surface area (Å²) in [5.74, 6) is 2.70. The lowest BCUT2D eigenvalue weighted by Crippen LogP contribution is -2.39. The summed E-state index contributed by atoms with van der Waals surface area (Å²) >= 11 is 1.48. The van der Waals surface area contributed by atoms with Gasteiger partial charge in [-0.15, -0.1) is 10.2 Å². The van der Waals surface area contributed by atoms with Crippen LogP contribution in [0.4, 0.5) is 0 Å². The molecule has 0 saturated heterocycles. The molecule has 3 aromatic rings. The van der Waals surface area contributed by atoms with E-state index in [0.717, 1.165) is 29.4 Å². The van der Waals surface area contributed by atoms with Crippen molar-refractivity contribution in [3.8, 4) is 11.5 Å². The molecule has 2 aromatic carbocycles. The predicted octanol–water partition coefficient (Wildman–Crippen LogP) is 4.99. The first-order valence-corrected chi connectivity index (χ1v) is 12.3. The fraction of sp³-hybridized carbons (Fsp3) is 0.400. The standard InChI is InChI=1S/C25H28N4O3S/c1-31-19-14-13-18(15-20(19)32-2)21-23(22(30)16-9-5-3-6-10-16)33-25-27-26-24(29(25)28-21)17-11-7-4-8-12-17/h3,5-6,9-10,13-15,17,21,23,28H,4,7-8,11-12H2,1-2H3/t21-,23+/m0/s1. The highest BCUT2D eigenvalue weighted by Gasteiger charge is 2.39. The van der Waals surface area contributed by atoms with Crippen molar-refractivity contribution in [3.63, 3.8) is 0 Å². The monoisotopic (exact) mass is 464 g/mol. The molecule has 8 heteroatoms. The quantitative estimate of drug-likeness (QED) is 0.515. The summed E-state index contributed by atoms with van der Waals surface area (Å²) in [6.45, 7) is 0. The van der Waals surface area contributed by atoms with Gasteiger partial charge in [-0.25, -0.2) is 4.68 Å². The van der Waals surface area contributed by atoms with Gasteiger partial charge in [0, 0.05) is 11.5 Å². The van der Waals surface area contributed by atoms with E-state index in [2.05, 4.69) is 15.6 Å². The number of methoxy groups -OCH3 is 2. The summed E-state index contributed by atoms with van der Waals surface area (Å²) in [5, 5.41) is 9.35. The smallest absolute Gasteiger partial charge is 0.210 e. The molecule has 2 heterocycles. The van der Waals surface area contributed by atoms with E-state index in [4.69, 9.17) is 9.47 Å². The van der Waals surface area contributed by atoms with Gasteiger partial charge < -0.3 is 14.9 Å². The normalized spacial score (nSPS) is 20.5. The van der Waals surface area contributed by atoms with Crippen LogP contribution < -0.4 is 14.9 Å². The van der Waals surface area contributed by atoms with E-state index in [-0.39, 0.29) is 11.8 Å². The number of ketones is 1. The highest BCUT2D eigenvalue weighted by atomic mass is 32.2. The average molecular weight is 465 g/mol. The third-order valence-corrected chi connectivity index (χ3v) is 7.73. The van der Waals surface area contributed by atoms with Gasteiger partial charge in [-0.3, -0.25) is 4.79 Å². The number of thioether (sulfide) groups is 1. The number of nitrogens with zero attached hydrogens (tertiary/aromatic N) is 3. The van der Waals surface area contributed by atoms with Crippen molar-refractivity contribution in [2.75, 3.05) is 19.6 Å². The molecule has 0 amide bonds. The van der Waals surface area contributed by atoms with Crippen LogP contribution >= 0.6 is 11.8 Å². The van der Waals surface area contributed by atoms with Crippen LogP contribution in [-0.2, 0) is 0 Å². The van der Waals surface area contributed by atoms with Crippen LogP contribution in [0, 0.1) is 0 Å². The van der Waals surface area contributed by atoms with E-state index in [0.29, 0.717) is 23.0 Å². The van der Waals surface area contributed by atoms with Crippen LogP contribution in [0.2, 0.25) is 0 Å². The number of aromatic nitrogens is 3. The molecule has 1 aliphatic carbocycles. The predicted molar refractivity (Wildman–Crippen MR) is 128 cm³/mol. The Bertz CT molecular complexity index is 1130. The Balaban J connectivity index is 1.55. The molecule has 0 radical (unpaired) electrons. The van der Waals surface area contributed by atoms with Gasteiger partial charge in [-0.1, -0.05) is 67.4 Å². The molecule has 0 bridgehead atoms. The maximum absolute atomic E-state index is 13.6. The molecule has 7 nitrogen and oxygen atoms in total. The van der Waals surface area contributed by atoms with Gasteiger partial charge in [0.05, 0.1) is 20.3 Å². The fourth-order valence-electron chi connectivity index (χ4n) is 4.76. The van der Waals surface area contributed by atoms with Crippen molar-refractivity contribution in [2.24, 2.45) is 0 Å². The van der Waals surface area contributed by atoms with Crippen molar-refractivity contribution >= 4 is 17.5 Å². The minimum atomic E-state index is -0.401. The summed E-state index contributed by atoms with van der Waals surface area (Å²) < 4.78 is 13.0. The molecule has 1 fully saturated rings. The third-order valence-electron chi connectivity index (χ3n) is 6.52. The molecule has 2 aliphatic rings. The van der Waals surface area contributed by atoms with E-state index < -0.39 is 5.25 Å². The number of hydrogen-bond acceptors (Lipinski definition) is 7. The Morgan fingerprint density at radius 2 is 1.76 bits per heavy atom. The fourth-order valence-corrected chi connectivity index (χ4v) is 5.92. The Morgan fingerprint density at radius 1 is 1.00 bits per heavy atom. The number of ether oxygens (including phenoxy) is 2. The molecule has 172 valence electrons. The van der Waals surface area contributed by atoms with E-state index in [1.165, 1.54) is 31.0 Å². The number of nitrogens with one attached hydrogen (secondary N) is 1. The molecule has 33 heavy (non-hydrogen) atoms. The van der Waals surface area contributed by atoms with Gasteiger partial charge in [-0.2, -0.15) is 0 Å². The van der Waals surface area contributed by atoms with Gasteiger partial charge in [0.15, 0.2) is 23.1 Å². The highest BCUT2D eigenvalue weighted by Crippen LogP contribution is 2.42. The molecule has 1 aliphatic heterocycles. The molecule has 2 atom stereocenters. The van der Waals surface area contributed by atoms with E-state index in [1.54, 1.807) is 14.2 Å². The van der Waals surface area contributed by atoms with E-state index in [1.807, 2.05) is 53.2 Å². The number of hydrogen-bond donors (Lipinski definition) is 1. The van der Waals surface area contributed by atoms with Crippen LogP contribution in [0.15, 0.2) is 53.7 Å². The molecule has 0 unspecified atom stereocenters. The van der Waals surface area contributed by atoms with Crippen molar-refractivity contribution < 1.29 is 14.3 Å². The first-order valence-electron chi connectivity index (χ1n) is 11.4. The lowest BCUT2D eigenvalue weighted by atomic mass is 9.89. The zero-order valence-corrected chi connectivity index (χ0v) is 19.7. The number of rotatable bonds is 6. The van der Waals surface area contributed by atoms with Crippen LogP contribution in [0.3, 0.4) is 0 Å². The Hall–Kier alpha value is -3.00. The van der Waals surface area contributed by atoms with Gasteiger partial charge in [0.1, 0.15) is 5.25 Å². The van der Waals surface area contributed by atoms with Crippen molar-refractivity contribution in [1.82, 2.24) is 14.9 Å². The lowest BCUT2D eigenvalue weighted by Gasteiger charge is -2.34. The molecule has 0 spiro atoms. The summed E-state index contributed by atoms with van der Waals surface area (Å²) in [5.41, 5.74) is 5.23. The van der Waals surface area contributed by atoms with E-state index >= 15 is 0 Å². The summed E-state index contributed by atoms with van der Waals surface area (Å²) in [4.78, 5) is 13.6. The zero-order valence-electron chi connectivity index (χ0n) is 18.9. The van der Waals surface area contributed by atoms with Crippen LogP contribution in [0.5, 0.6) is 11.5 Å². The number of benzene rings is 2. The minimum absolute atomic E-state index is 0.0568. The SMILES string of the molecule is COc1ccc([C@@H]2Nn3c(nnc3C3CCCCC3)S[C@H]2C(=O)c2ccccc2)cc1OC. The second-order valence-electron chi connectivity index (χ2n) is 8.50. The number of Topliss-reactive ketones (excluding diaryl/α,β-unsaturated/α-hetero) is 1. The molecular weight excluding hydrogens is 436 g/mol. The van der Waals surface area contributed by atoms with Crippen LogP contribution in [0.25, 0.3) is 0 Å². The van der Waals surface area contributed by atoms with Gasteiger partial charge >= 0.3 is 0 Å². The Morgan fingerprint density at radius 3 is 2.48 bits per heavy atom. The average Bonchev–Trinajstić information content (AvgIpc) is 3.31. The van der Waals surface area contributed by atoms with Crippen molar-refractivity contribution in [1.29, 1.82) is 0 Å². The van der Waals surface area contributed by atoms with Crippen molar-refractivity contribution in [3.05, 3.63) is 65.5 Å². The highest BCUT2D eigenvalue weighted by molar-refractivity contribution is 8.00. The largest absolute Gasteiger partial charge is 0.493 e. The molecule has 5 rings (SSSR count). The van der Waals surface area contributed by atoms with Crippen LogP contribution in [0.1, 0.15) is 65.8 Å². The number of carbonyl (C=O) groups excluding carboxylic acids is 1. The number of fused-ring (bicyclic) bond motifs is 1. The third kappa shape index (κ3) is 4.19.